The van der Waals surface area contributed by atoms with Crippen molar-refractivity contribution in [3.05, 3.63) is 24.5 Å². The smallest absolute Gasteiger partial charge is 0.259 e. The highest BCUT2D eigenvalue weighted by Gasteiger charge is 2.37. The quantitative estimate of drug-likeness (QED) is 0.776. The van der Waals surface area contributed by atoms with Crippen LogP contribution in [0.4, 0.5) is 0 Å². The Morgan fingerprint density at radius 3 is 2.89 bits per heavy atom. The third kappa shape index (κ3) is 1.98. The van der Waals surface area contributed by atoms with Crippen molar-refractivity contribution in [2.45, 2.75) is 18.4 Å². The van der Waals surface area contributed by atoms with Crippen LogP contribution in [0.5, 0.6) is 0 Å². The van der Waals surface area contributed by atoms with Crippen molar-refractivity contribution in [1.82, 2.24) is 25.4 Å². The van der Waals surface area contributed by atoms with Crippen molar-refractivity contribution in [2.75, 3.05) is 13.1 Å². The Labute approximate surface area is 103 Å². The molecular formula is C11H13N5O2. The van der Waals surface area contributed by atoms with Crippen LogP contribution in [0.25, 0.3) is 11.5 Å². The van der Waals surface area contributed by atoms with E-state index in [4.69, 9.17) is 4.52 Å². The second-order valence-electron chi connectivity index (χ2n) is 4.30. The van der Waals surface area contributed by atoms with E-state index in [1.165, 1.54) is 6.33 Å². The van der Waals surface area contributed by atoms with E-state index in [9.17, 15) is 5.11 Å². The van der Waals surface area contributed by atoms with Gasteiger partial charge >= 0.3 is 0 Å². The predicted octanol–water partition coefficient (Wildman–Crippen LogP) is 0.0976. The van der Waals surface area contributed by atoms with E-state index in [-0.39, 0.29) is 5.89 Å². The Morgan fingerprint density at radius 2 is 2.17 bits per heavy atom. The molecule has 0 spiro atoms. The molecule has 1 saturated heterocycles. The van der Waals surface area contributed by atoms with Crippen molar-refractivity contribution in [1.29, 1.82) is 0 Å². The van der Waals surface area contributed by atoms with Crippen LogP contribution in [-0.2, 0) is 5.60 Å². The van der Waals surface area contributed by atoms with Crippen molar-refractivity contribution < 1.29 is 9.63 Å². The molecule has 18 heavy (non-hydrogen) atoms. The third-order valence-corrected chi connectivity index (χ3v) is 3.07. The van der Waals surface area contributed by atoms with Gasteiger partial charge in [-0.05, 0) is 32.0 Å². The molecule has 1 aliphatic rings. The third-order valence-electron chi connectivity index (χ3n) is 3.07. The molecule has 0 radical (unpaired) electrons. The van der Waals surface area contributed by atoms with E-state index in [2.05, 4.69) is 25.4 Å². The largest absolute Gasteiger partial charge is 0.380 e. The first kappa shape index (κ1) is 11.2. The molecule has 94 valence electrons. The van der Waals surface area contributed by atoms with Gasteiger partial charge < -0.3 is 14.9 Å². The first-order chi connectivity index (χ1) is 8.78. The SMILES string of the molecule is OC1(c2nc(-c3ccncn3)no2)CCNCC1. The summed E-state index contributed by atoms with van der Waals surface area (Å²) in [4.78, 5) is 12.1. The molecule has 3 heterocycles. The van der Waals surface area contributed by atoms with Gasteiger partial charge in [-0.2, -0.15) is 4.98 Å². The minimum Gasteiger partial charge on any atom is -0.380 e. The minimum absolute atomic E-state index is 0.262. The van der Waals surface area contributed by atoms with Crippen LogP contribution >= 0.6 is 0 Å². The molecule has 1 fully saturated rings. The number of rotatable bonds is 2. The van der Waals surface area contributed by atoms with E-state index in [1.54, 1.807) is 12.3 Å². The Kier molecular flexibility index (Phi) is 2.77. The van der Waals surface area contributed by atoms with E-state index in [1.807, 2.05) is 0 Å². The summed E-state index contributed by atoms with van der Waals surface area (Å²) in [6.45, 7) is 1.48. The molecule has 2 aromatic rings. The molecule has 0 amide bonds. The highest BCUT2D eigenvalue weighted by Crippen LogP contribution is 2.30. The molecule has 2 aromatic heterocycles. The zero-order chi connectivity index (χ0) is 12.4. The van der Waals surface area contributed by atoms with Gasteiger partial charge in [-0.1, -0.05) is 5.16 Å². The Morgan fingerprint density at radius 1 is 1.33 bits per heavy atom. The number of piperidine rings is 1. The van der Waals surface area contributed by atoms with Crippen molar-refractivity contribution in [3.63, 3.8) is 0 Å². The summed E-state index contributed by atoms with van der Waals surface area (Å²) < 4.78 is 5.16. The summed E-state index contributed by atoms with van der Waals surface area (Å²) in [5.74, 6) is 0.636. The highest BCUT2D eigenvalue weighted by atomic mass is 16.5. The fourth-order valence-corrected chi connectivity index (χ4v) is 1.99. The van der Waals surface area contributed by atoms with Crippen LogP contribution < -0.4 is 5.32 Å². The van der Waals surface area contributed by atoms with Gasteiger partial charge in [-0.3, -0.25) is 0 Å². The van der Waals surface area contributed by atoms with Gasteiger partial charge in [0.1, 0.15) is 17.6 Å². The average molecular weight is 247 g/mol. The second kappa shape index (κ2) is 4.43. The minimum atomic E-state index is -1.02. The standard InChI is InChI=1S/C11H13N5O2/c17-11(2-5-12-6-3-11)10-15-9(16-18-10)8-1-4-13-7-14-8/h1,4,7,12,17H,2-3,5-6H2. The number of hydrogen-bond donors (Lipinski definition) is 2. The zero-order valence-electron chi connectivity index (χ0n) is 9.70. The lowest BCUT2D eigenvalue weighted by atomic mass is 9.92. The number of hydrogen-bond acceptors (Lipinski definition) is 7. The van der Waals surface area contributed by atoms with Gasteiger partial charge in [0.05, 0.1) is 0 Å². The summed E-state index contributed by atoms with van der Waals surface area (Å²) >= 11 is 0. The van der Waals surface area contributed by atoms with Gasteiger partial charge in [0.25, 0.3) is 5.89 Å². The van der Waals surface area contributed by atoms with Gasteiger partial charge in [-0.25, -0.2) is 9.97 Å². The first-order valence-electron chi connectivity index (χ1n) is 5.82. The number of nitrogens with one attached hydrogen (secondary N) is 1. The molecule has 7 heteroatoms. The molecule has 2 N–H and O–H groups in total. The van der Waals surface area contributed by atoms with E-state index in [0.717, 1.165) is 13.1 Å². The van der Waals surface area contributed by atoms with Crippen LogP contribution in [0.2, 0.25) is 0 Å². The molecule has 7 nitrogen and oxygen atoms in total. The zero-order valence-corrected chi connectivity index (χ0v) is 9.70. The lowest BCUT2D eigenvalue weighted by Crippen LogP contribution is -2.39. The van der Waals surface area contributed by atoms with Gasteiger partial charge in [-0.15, -0.1) is 0 Å². The van der Waals surface area contributed by atoms with Crippen molar-refractivity contribution >= 4 is 0 Å². The lowest BCUT2D eigenvalue weighted by molar-refractivity contribution is -0.0228. The summed E-state index contributed by atoms with van der Waals surface area (Å²) in [7, 11) is 0. The van der Waals surface area contributed by atoms with Crippen molar-refractivity contribution in [3.8, 4) is 11.5 Å². The van der Waals surface area contributed by atoms with Crippen LogP contribution in [0.1, 0.15) is 18.7 Å². The Balaban J connectivity index is 1.89. The Bertz CT molecular complexity index is 521. The molecule has 0 bridgehead atoms. The highest BCUT2D eigenvalue weighted by molar-refractivity contribution is 5.46. The summed E-state index contributed by atoms with van der Waals surface area (Å²) in [6.07, 6.45) is 4.17. The lowest BCUT2D eigenvalue weighted by Gasteiger charge is -2.28. The summed E-state index contributed by atoms with van der Waals surface area (Å²) in [6, 6.07) is 1.70. The van der Waals surface area contributed by atoms with Gasteiger partial charge in [0.15, 0.2) is 0 Å². The van der Waals surface area contributed by atoms with Gasteiger partial charge in [0, 0.05) is 6.20 Å². The van der Waals surface area contributed by atoms with Crippen LogP contribution in [-0.4, -0.2) is 38.3 Å². The van der Waals surface area contributed by atoms with E-state index in [0.29, 0.717) is 24.4 Å². The normalized spacial score (nSPS) is 18.7. The summed E-state index contributed by atoms with van der Waals surface area (Å²) in [5, 5.41) is 17.5. The molecule has 0 aromatic carbocycles. The van der Waals surface area contributed by atoms with Crippen LogP contribution in [0.15, 0.2) is 23.1 Å². The van der Waals surface area contributed by atoms with Crippen LogP contribution in [0, 0.1) is 0 Å². The molecule has 0 saturated carbocycles. The fraction of sp³-hybridized carbons (Fsp3) is 0.455. The average Bonchev–Trinajstić information content (AvgIpc) is 2.91. The Hall–Kier alpha value is -1.86. The van der Waals surface area contributed by atoms with E-state index < -0.39 is 5.60 Å². The van der Waals surface area contributed by atoms with Crippen LogP contribution in [0.3, 0.4) is 0 Å². The molecule has 0 aliphatic carbocycles. The summed E-state index contributed by atoms with van der Waals surface area (Å²) in [5.41, 5.74) is -0.443. The molecular weight excluding hydrogens is 234 g/mol. The molecule has 0 atom stereocenters. The maximum atomic E-state index is 10.4. The number of aromatic nitrogens is 4. The maximum absolute atomic E-state index is 10.4. The molecule has 0 unspecified atom stereocenters. The maximum Gasteiger partial charge on any atom is 0.259 e. The monoisotopic (exact) mass is 247 g/mol. The predicted molar refractivity (Wildman–Crippen MR) is 61.3 cm³/mol. The number of aliphatic hydroxyl groups is 1. The fourth-order valence-electron chi connectivity index (χ4n) is 1.99. The number of nitrogens with zero attached hydrogens (tertiary/aromatic N) is 4. The molecule has 1 aliphatic heterocycles. The topological polar surface area (TPSA) is 97.0 Å². The van der Waals surface area contributed by atoms with Crippen molar-refractivity contribution in [2.24, 2.45) is 0 Å². The van der Waals surface area contributed by atoms with Gasteiger partial charge in [0.2, 0.25) is 5.82 Å². The van der Waals surface area contributed by atoms with E-state index >= 15 is 0 Å². The second-order valence-corrected chi connectivity index (χ2v) is 4.30. The molecule has 3 rings (SSSR count). The first-order valence-corrected chi connectivity index (χ1v) is 5.82.